The van der Waals surface area contributed by atoms with Gasteiger partial charge in [-0.3, -0.25) is 4.72 Å². The van der Waals surface area contributed by atoms with E-state index in [2.05, 4.69) is 14.2 Å². The van der Waals surface area contributed by atoms with E-state index >= 15 is 0 Å². The number of halogens is 4. The van der Waals surface area contributed by atoms with Crippen molar-refractivity contribution in [1.82, 2.24) is 4.72 Å². The average molecular weight is 379 g/mol. The van der Waals surface area contributed by atoms with E-state index in [0.717, 1.165) is 12.1 Å². The minimum absolute atomic E-state index is 0.0630. The highest BCUT2D eigenvalue weighted by molar-refractivity contribution is 7.90. The van der Waals surface area contributed by atoms with Crippen LogP contribution in [0.15, 0.2) is 36.4 Å². The van der Waals surface area contributed by atoms with E-state index in [4.69, 9.17) is 11.6 Å². The average Bonchev–Trinajstić information content (AvgIpc) is 2.46. The molecule has 0 aromatic heterocycles. The van der Waals surface area contributed by atoms with Crippen molar-refractivity contribution in [2.45, 2.75) is 12.9 Å². The van der Waals surface area contributed by atoms with Crippen LogP contribution >= 0.6 is 11.6 Å². The monoisotopic (exact) mass is 378 g/mol. The van der Waals surface area contributed by atoms with Crippen molar-refractivity contribution in [2.75, 3.05) is 4.72 Å². The highest BCUT2D eigenvalue weighted by Crippen LogP contribution is 2.37. The van der Waals surface area contributed by atoms with Gasteiger partial charge in [-0.1, -0.05) is 23.7 Å². The Balaban J connectivity index is 2.02. The van der Waals surface area contributed by atoms with Gasteiger partial charge in [0.15, 0.2) is 0 Å². The molecule has 0 saturated carbocycles. The Morgan fingerprint density at radius 2 is 1.79 bits per heavy atom. The van der Waals surface area contributed by atoms with E-state index in [0.29, 0.717) is 27.4 Å². The van der Waals surface area contributed by atoms with Crippen LogP contribution < -0.4 is 14.2 Å². The molecule has 2 aromatic carbocycles. The summed E-state index contributed by atoms with van der Waals surface area (Å²) in [5.41, 5.74) is 1.92. The second-order valence-corrected chi connectivity index (χ2v) is 6.92. The number of hydrogen-bond acceptors (Lipinski definition) is 3. The third-order valence-corrected chi connectivity index (χ3v) is 4.49. The molecule has 0 atom stereocenters. The highest BCUT2D eigenvalue weighted by atomic mass is 35.5. The Bertz CT molecular complexity index is 883. The Morgan fingerprint density at radius 3 is 2.42 bits per heavy atom. The zero-order valence-corrected chi connectivity index (χ0v) is 13.4. The van der Waals surface area contributed by atoms with Crippen molar-refractivity contribution in [3.8, 4) is 16.9 Å². The fourth-order valence-corrected chi connectivity index (χ4v) is 3.50. The molecule has 0 spiro atoms. The number of hydrogen-bond donors (Lipinski definition) is 2. The zero-order valence-electron chi connectivity index (χ0n) is 11.8. The lowest BCUT2D eigenvalue weighted by atomic mass is 10.00. The molecule has 128 valence electrons. The van der Waals surface area contributed by atoms with Crippen LogP contribution in [-0.2, 0) is 16.8 Å². The van der Waals surface area contributed by atoms with Gasteiger partial charge in [0.25, 0.3) is 10.2 Å². The van der Waals surface area contributed by atoms with Crippen molar-refractivity contribution >= 4 is 27.5 Å². The topological polar surface area (TPSA) is 67.4 Å². The van der Waals surface area contributed by atoms with E-state index in [1.807, 2.05) is 0 Å². The number of anilines is 1. The van der Waals surface area contributed by atoms with Crippen LogP contribution in [0.4, 0.5) is 18.9 Å². The molecular weight excluding hydrogens is 369 g/mol. The minimum Gasteiger partial charge on any atom is -0.406 e. The maximum absolute atomic E-state index is 12.2. The van der Waals surface area contributed by atoms with E-state index in [9.17, 15) is 21.6 Å². The van der Waals surface area contributed by atoms with Gasteiger partial charge in [-0.15, -0.1) is 13.2 Å². The first-order chi connectivity index (χ1) is 11.1. The summed E-state index contributed by atoms with van der Waals surface area (Å²) in [7, 11) is -3.69. The molecule has 2 N–H and O–H groups in total. The highest BCUT2D eigenvalue weighted by Gasteiger charge is 2.31. The quantitative estimate of drug-likeness (QED) is 0.838. The second-order valence-electron chi connectivity index (χ2n) is 4.99. The molecule has 24 heavy (non-hydrogen) atoms. The first-order valence-electron chi connectivity index (χ1n) is 6.59. The molecule has 0 aliphatic carbocycles. The molecule has 0 saturated heterocycles. The van der Waals surface area contributed by atoms with Crippen molar-refractivity contribution < 1.29 is 26.3 Å². The van der Waals surface area contributed by atoms with Crippen LogP contribution in [-0.4, -0.2) is 14.8 Å². The van der Waals surface area contributed by atoms with Crippen molar-refractivity contribution in [3.05, 3.63) is 47.0 Å². The number of alkyl halides is 3. The van der Waals surface area contributed by atoms with Gasteiger partial charge in [0.2, 0.25) is 0 Å². The Morgan fingerprint density at radius 1 is 1.12 bits per heavy atom. The van der Waals surface area contributed by atoms with Crippen LogP contribution in [0.1, 0.15) is 5.56 Å². The maximum atomic E-state index is 12.2. The molecule has 10 heteroatoms. The number of rotatable bonds is 2. The lowest BCUT2D eigenvalue weighted by Gasteiger charge is -2.22. The summed E-state index contributed by atoms with van der Waals surface area (Å²) < 4.78 is 68.5. The van der Waals surface area contributed by atoms with Crippen LogP contribution in [0.3, 0.4) is 0 Å². The largest absolute Gasteiger partial charge is 0.573 e. The molecule has 1 heterocycles. The Hall–Kier alpha value is -1.97. The van der Waals surface area contributed by atoms with Gasteiger partial charge in [0.1, 0.15) is 5.75 Å². The predicted molar refractivity (Wildman–Crippen MR) is 83.0 cm³/mol. The number of benzene rings is 2. The fraction of sp³-hybridized carbons (Fsp3) is 0.143. The summed E-state index contributed by atoms with van der Waals surface area (Å²) in [6.45, 7) is 0.0630. The molecule has 0 bridgehead atoms. The summed E-state index contributed by atoms with van der Waals surface area (Å²) in [5.74, 6) is -0.371. The van der Waals surface area contributed by atoms with Gasteiger partial charge in [-0.05, 0) is 35.4 Å². The number of fused-ring (bicyclic) bond motifs is 1. The third kappa shape index (κ3) is 3.74. The zero-order chi connectivity index (χ0) is 17.5. The number of ether oxygens (including phenoxy) is 1. The smallest absolute Gasteiger partial charge is 0.406 e. The van der Waals surface area contributed by atoms with E-state index < -0.39 is 16.6 Å². The first-order valence-corrected chi connectivity index (χ1v) is 8.45. The van der Waals surface area contributed by atoms with Gasteiger partial charge in [-0.25, -0.2) is 0 Å². The van der Waals surface area contributed by atoms with Crippen LogP contribution in [0.25, 0.3) is 11.1 Å². The van der Waals surface area contributed by atoms with Crippen LogP contribution in [0, 0.1) is 0 Å². The van der Waals surface area contributed by atoms with Crippen LogP contribution in [0.5, 0.6) is 5.75 Å². The summed E-state index contributed by atoms with van der Waals surface area (Å²) in [5, 5.41) is 0.377. The molecule has 0 amide bonds. The second kappa shape index (κ2) is 5.83. The summed E-state index contributed by atoms with van der Waals surface area (Å²) in [6.07, 6.45) is -4.78. The van der Waals surface area contributed by atoms with Gasteiger partial charge in [0.05, 0.1) is 5.69 Å². The summed E-state index contributed by atoms with van der Waals surface area (Å²) in [6, 6.07) is 8.22. The summed E-state index contributed by atoms with van der Waals surface area (Å²) >= 11 is 6.04. The van der Waals surface area contributed by atoms with Gasteiger partial charge in [0, 0.05) is 17.1 Å². The van der Waals surface area contributed by atoms with E-state index in [1.54, 1.807) is 6.07 Å². The molecule has 0 unspecified atom stereocenters. The van der Waals surface area contributed by atoms with E-state index in [1.165, 1.54) is 18.2 Å². The number of nitrogens with one attached hydrogen (secondary N) is 2. The standard InChI is InChI=1S/C14H10ClF3N2O3S/c15-10-5-9-7-19-24(21,22)20-13(9)12(6-10)8-1-3-11(4-2-8)23-14(16,17)18/h1-6,19-20H,7H2. The molecule has 2 aromatic rings. The van der Waals surface area contributed by atoms with E-state index in [-0.39, 0.29) is 12.3 Å². The van der Waals surface area contributed by atoms with Crippen LogP contribution in [0.2, 0.25) is 5.02 Å². The fourth-order valence-electron chi connectivity index (χ4n) is 2.33. The molecule has 1 aliphatic rings. The Kier molecular flexibility index (Phi) is 4.10. The molecule has 0 fully saturated rings. The SMILES string of the molecule is O=S1(=O)NCc2cc(Cl)cc(-c3ccc(OC(F)(F)F)cc3)c2N1. The Labute approximate surface area is 140 Å². The molecule has 0 radical (unpaired) electrons. The molecular formula is C14H10ClF3N2O3S. The van der Waals surface area contributed by atoms with Crippen molar-refractivity contribution in [1.29, 1.82) is 0 Å². The predicted octanol–water partition coefficient (Wildman–Crippen LogP) is 3.67. The summed E-state index contributed by atoms with van der Waals surface area (Å²) in [4.78, 5) is 0. The van der Waals surface area contributed by atoms with Crippen molar-refractivity contribution in [2.24, 2.45) is 0 Å². The van der Waals surface area contributed by atoms with Gasteiger partial charge >= 0.3 is 6.36 Å². The lowest BCUT2D eigenvalue weighted by Crippen LogP contribution is -2.34. The normalized spacial score (nSPS) is 16.2. The molecule has 5 nitrogen and oxygen atoms in total. The minimum atomic E-state index is -4.78. The molecule has 1 aliphatic heterocycles. The lowest BCUT2D eigenvalue weighted by molar-refractivity contribution is -0.274. The van der Waals surface area contributed by atoms with Crippen molar-refractivity contribution in [3.63, 3.8) is 0 Å². The maximum Gasteiger partial charge on any atom is 0.573 e. The first kappa shape index (κ1) is 16.9. The molecule has 3 rings (SSSR count). The van der Waals surface area contributed by atoms with Gasteiger partial charge < -0.3 is 4.74 Å². The van der Waals surface area contributed by atoms with Gasteiger partial charge in [-0.2, -0.15) is 13.1 Å². The third-order valence-electron chi connectivity index (χ3n) is 3.27.